The van der Waals surface area contributed by atoms with Crippen LogP contribution >= 0.6 is 0 Å². The summed E-state index contributed by atoms with van der Waals surface area (Å²) >= 11 is 0. The predicted molar refractivity (Wildman–Crippen MR) is 84.7 cm³/mol. The highest BCUT2D eigenvalue weighted by Gasteiger charge is 2.16. The lowest BCUT2D eigenvalue weighted by molar-refractivity contribution is -0.117. The van der Waals surface area contributed by atoms with E-state index in [4.69, 9.17) is 12.2 Å². The number of rotatable bonds is 5. The second-order valence-electron chi connectivity index (χ2n) is 5.66. The SMILES string of the molecule is C#CCC(N)C(=O)Nc1ccc(C(C)C)cc1C(C)C. The maximum absolute atomic E-state index is 12.0. The van der Waals surface area contributed by atoms with Crippen LogP contribution in [0.2, 0.25) is 0 Å². The molecular formula is C17H24N2O. The van der Waals surface area contributed by atoms with Crippen molar-refractivity contribution in [2.24, 2.45) is 5.73 Å². The molecule has 3 heteroatoms. The van der Waals surface area contributed by atoms with Crippen molar-refractivity contribution < 1.29 is 4.79 Å². The molecule has 0 fully saturated rings. The van der Waals surface area contributed by atoms with Gasteiger partial charge in [0.25, 0.3) is 0 Å². The number of amides is 1. The first-order chi connectivity index (χ1) is 9.36. The van der Waals surface area contributed by atoms with Gasteiger partial charge in [0.15, 0.2) is 0 Å². The molecule has 1 unspecified atom stereocenters. The molecule has 1 rings (SSSR count). The minimum absolute atomic E-state index is 0.234. The maximum Gasteiger partial charge on any atom is 0.242 e. The van der Waals surface area contributed by atoms with E-state index in [0.29, 0.717) is 11.8 Å². The van der Waals surface area contributed by atoms with E-state index in [2.05, 4.69) is 45.0 Å². The highest BCUT2D eigenvalue weighted by atomic mass is 16.2. The molecule has 1 aromatic rings. The number of anilines is 1. The Kier molecular flexibility index (Phi) is 5.79. The predicted octanol–water partition coefficient (Wildman–Crippen LogP) is 3.22. The van der Waals surface area contributed by atoms with E-state index in [-0.39, 0.29) is 12.3 Å². The van der Waals surface area contributed by atoms with Crippen molar-refractivity contribution in [2.75, 3.05) is 5.32 Å². The van der Waals surface area contributed by atoms with Gasteiger partial charge in [-0.25, -0.2) is 0 Å². The van der Waals surface area contributed by atoms with Crippen LogP contribution in [0.1, 0.15) is 57.1 Å². The van der Waals surface area contributed by atoms with E-state index in [1.807, 2.05) is 12.1 Å². The molecule has 20 heavy (non-hydrogen) atoms. The Hall–Kier alpha value is -1.79. The van der Waals surface area contributed by atoms with Gasteiger partial charge >= 0.3 is 0 Å². The number of carbonyl (C=O) groups is 1. The monoisotopic (exact) mass is 272 g/mol. The van der Waals surface area contributed by atoms with E-state index in [1.165, 1.54) is 5.56 Å². The van der Waals surface area contributed by atoms with Crippen molar-refractivity contribution >= 4 is 11.6 Å². The first-order valence-corrected chi connectivity index (χ1v) is 7.00. The fourth-order valence-corrected chi connectivity index (χ4v) is 1.98. The Morgan fingerprint density at radius 2 is 1.95 bits per heavy atom. The number of hydrogen-bond acceptors (Lipinski definition) is 2. The van der Waals surface area contributed by atoms with Crippen molar-refractivity contribution in [1.29, 1.82) is 0 Å². The number of nitrogens with one attached hydrogen (secondary N) is 1. The summed E-state index contributed by atoms with van der Waals surface area (Å²) in [6, 6.07) is 5.48. The van der Waals surface area contributed by atoms with Gasteiger partial charge in [-0.2, -0.15) is 0 Å². The molecular weight excluding hydrogens is 248 g/mol. The molecule has 0 heterocycles. The normalized spacial score (nSPS) is 12.3. The van der Waals surface area contributed by atoms with Crippen molar-refractivity contribution in [1.82, 2.24) is 0 Å². The maximum atomic E-state index is 12.0. The second kappa shape index (κ2) is 7.12. The Bertz CT molecular complexity index is 512. The summed E-state index contributed by atoms with van der Waals surface area (Å²) in [4.78, 5) is 12.0. The molecule has 0 saturated heterocycles. The average molecular weight is 272 g/mol. The molecule has 1 aromatic carbocycles. The van der Waals surface area contributed by atoms with Crippen LogP contribution in [0.25, 0.3) is 0 Å². The number of hydrogen-bond donors (Lipinski definition) is 2. The van der Waals surface area contributed by atoms with E-state index >= 15 is 0 Å². The summed E-state index contributed by atoms with van der Waals surface area (Å²) in [7, 11) is 0. The van der Waals surface area contributed by atoms with Crippen molar-refractivity contribution in [2.45, 2.75) is 52.0 Å². The van der Waals surface area contributed by atoms with Crippen LogP contribution in [0.3, 0.4) is 0 Å². The molecule has 3 N–H and O–H groups in total. The Labute approximate surface area is 121 Å². The van der Waals surface area contributed by atoms with Gasteiger partial charge in [-0.05, 0) is 29.0 Å². The topological polar surface area (TPSA) is 55.1 Å². The lowest BCUT2D eigenvalue weighted by atomic mass is 9.94. The van der Waals surface area contributed by atoms with Gasteiger partial charge in [-0.1, -0.05) is 39.8 Å². The zero-order valence-corrected chi connectivity index (χ0v) is 12.7. The molecule has 0 aromatic heterocycles. The molecule has 0 aliphatic rings. The molecule has 0 saturated carbocycles. The third kappa shape index (κ3) is 4.11. The van der Waals surface area contributed by atoms with Crippen LogP contribution in [0.4, 0.5) is 5.69 Å². The molecule has 1 amide bonds. The van der Waals surface area contributed by atoms with E-state index in [9.17, 15) is 4.79 Å². The first-order valence-electron chi connectivity index (χ1n) is 7.00. The molecule has 0 radical (unpaired) electrons. The van der Waals surface area contributed by atoms with Crippen LogP contribution < -0.4 is 11.1 Å². The lowest BCUT2D eigenvalue weighted by Gasteiger charge is -2.18. The number of nitrogens with two attached hydrogens (primary N) is 1. The third-order valence-corrected chi connectivity index (χ3v) is 3.30. The van der Waals surface area contributed by atoms with Gasteiger partial charge in [0, 0.05) is 12.1 Å². The van der Waals surface area contributed by atoms with E-state index < -0.39 is 6.04 Å². The Balaban J connectivity index is 3.01. The summed E-state index contributed by atoms with van der Waals surface area (Å²) < 4.78 is 0. The molecule has 0 aliphatic heterocycles. The Morgan fingerprint density at radius 1 is 1.30 bits per heavy atom. The summed E-state index contributed by atoms with van der Waals surface area (Å²) in [5.41, 5.74) is 8.93. The van der Waals surface area contributed by atoms with Gasteiger partial charge in [-0.15, -0.1) is 12.3 Å². The molecule has 0 spiro atoms. The highest BCUT2D eigenvalue weighted by molar-refractivity contribution is 5.95. The van der Waals surface area contributed by atoms with Crippen LogP contribution in [-0.4, -0.2) is 11.9 Å². The van der Waals surface area contributed by atoms with Crippen molar-refractivity contribution in [3.8, 4) is 12.3 Å². The number of terminal acetylenes is 1. The minimum atomic E-state index is -0.662. The smallest absolute Gasteiger partial charge is 0.242 e. The zero-order chi connectivity index (χ0) is 15.3. The molecule has 3 nitrogen and oxygen atoms in total. The quantitative estimate of drug-likeness (QED) is 0.809. The summed E-state index contributed by atoms with van der Waals surface area (Å²) in [6.45, 7) is 8.52. The number of carbonyl (C=O) groups excluding carboxylic acids is 1. The third-order valence-electron chi connectivity index (χ3n) is 3.30. The van der Waals surface area contributed by atoms with Crippen LogP contribution in [0, 0.1) is 12.3 Å². The first kappa shape index (κ1) is 16.3. The molecule has 1 atom stereocenters. The van der Waals surface area contributed by atoms with Crippen molar-refractivity contribution in [3.05, 3.63) is 29.3 Å². The highest BCUT2D eigenvalue weighted by Crippen LogP contribution is 2.28. The average Bonchev–Trinajstić information content (AvgIpc) is 2.38. The molecule has 0 bridgehead atoms. The lowest BCUT2D eigenvalue weighted by Crippen LogP contribution is -2.35. The van der Waals surface area contributed by atoms with Gasteiger partial charge in [0.1, 0.15) is 0 Å². The minimum Gasteiger partial charge on any atom is -0.324 e. The fourth-order valence-electron chi connectivity index (χ4n) is 1.98. The molecule has 108 valence electrons. The van der Waals surface area contributed by atoms with Gasteiger partial charge in [0.05, 0.1) is 6.04 Å². The Morgan fingerprint density at radius 3 is 2.45 bits per heavy atom. The van der Waals surface area contributed by atoms with Gasteiger partial charge < -0.3 is 11.1 Å². The van der Waals surface area contributed by atoms with Crippen molar-refractivity contribution in [3.63, 3.8) is 0 Å². The van der Waals surface area contributed by atoms with E-state index in [1.54, 1.807) is 0 Å². The summed E-state index contributed by atoms with van der Waals surface area (Å²) in [5, 5.41) is 2.88. The van der Waals surface area contributed by atoms with Crippen LogP contribution in [0.5, 0.6) is 0 Å². The van der Waals surface area contributed by atoms with Crippen LogP contribution in [-0.2, 0) is 4.79 Å². The zero-order valence-electron chi connectivity index (χ0n) is 12.7. The number of benzene rings is 1. The second-order valence-corrected chi connectivity index (χ2v) is 5.66. The summed E-state index contributed by atoms with van der Waals surface area (Å²) in [5.74, 6) is 2.96. The standard InChI is InChI=1S/C17H24N2O/c1-6-7-15(18)17(20)19-16-9-8-13(11(2)3)10-14(16)12(4)5/h1,8-12,15H,7,18H2,2-5H3,(H,19,20). The van der Waals surface area contributed by atoms with Crippen LogP contribution in [0.15, 0.2) is 18.2 Å². The molecule has 0 aliphatic carbocycles. The summed E-state index contributed by atoms with van der Waals surface area (Å²) in [6.07, 6.45) is 5.42. The fraction of sp³-hybridized carbons (Fsp3) is 0.471. The van der Waals surface area contributed by atoms with E-state index in [0.717, 1.165) is 11.3 Å². The largest absolute Gasteiger partial charge is 0.324 e. The van der Waals surface area contributed by atoms with Gasteiger partial charge in [0.2, 0.25) is 5.91 Å². The van der Waals surface area contributed by atoms with Gasteiger partial charge in [-0.3, -0.25) is 4.79 Å².